The van der Waals surface area contributed by atoms with Gasteiger partial charge >= 0.3 is 5.91 Å². The van der Waals surface area contributed by atoms with E-state index in [-0.39, 0.29) is 6.04 Å². The van der Waals surface area contributed by atoms with Gasteiger partial charge in [-0.1, -0.05) is 0 Å². The normalized spacial score (nSPS) is 20.1. The lowest BCUT2D eigenvalue weighted by Crippen LogP contribution is -2.32. The summed E-state index contributed by atoms with van der Waals surface area (Å²) in [7, 11) is 0. The number of pyridine rings is 1. The maximum absolute atomic E-state index is 11.6. The minimum Gasteiger partial charge on any atom is -0.286 e. The average Bonchev–Trinajstić information content (AvgIpc) is 2.99. The van der Waals surface area contributed by atoms with Gasteiger partial charge in [0.15, 0.2) is 0 Å². The molecular weight excluding hydrogens is 180 g/mol. The van der Waals surface area contributed by atoms with Gasteiger partial charge in [-0.2, -0.15) is 0 Å². The van der Waals surface area contributed by atoms with Crippen molar-refractivity contribution in [3.63, 3.8) is 0 Å². The summed E-state index contributed by atoms with van der Waals surface area (Å²) in [5.41, 5.74) is 0.449. The van der Waals surface area contributed by atoms with Crippen LogP contribution in [0.1, 0.15) is 23.2 Å². The number of aromatic nitrogens is 1. The van der Waals surface area contributed by atoms with Crippen LogP contribution in [0, 0.1) is 0 Å². The van der Waals surface area contributed by atoms with E-state index in [9.17, 15) is 9.59 Å². The van der Waals surface area contributed by atoms with E-state index in [0.29, 0.717) is 11.4 Å². The first-order chi connectivity index (χ1) is 6.79. The second-order valence-corrected chi connectivity index (χ2v) is 3.61. The fourth-order valence-corrected chi connectivity index (χ4v) is 1.76. The molecule has 0 spiro atoms. The summed E-state index contributed by atoms with van der Waals surface area (Å²) in [6.07, 6.45) is 3.57. The van der Waals surface area contributed by atoms with E-state index in [1.165, 1.54) is 4.90 Å². The van der Waals surface area contributed by atoms with E-state index < -0.39 is 11.7 Å². The average molecular weight is 188 g/mol. The molecule has 4 heteroatoms. The molecule has 1 aliphatic carbocycles. The van der Waals surface area contributed by atoms with E-state index in [0.717, 1.165) is 12.8 Å². The van der Waals surface area contributed by atoms with Crippen LogP contribution < -0.4 is 4.90 Å². The standard InChI is InChI=1S/C10H8N2O2/c13-8-7-2-1-5-11-9(7)12(10(8)14)6-3-4-6/h1-2,5-6H,3-4H2. The highest BCUT2D eigenvalue weighted by molar-refractivity contribution is 6.52. The zero-order valence-electron chi connectivity index (χ0n) is 7.43. The van der Waals surface area contributed by atoms with E-state index in [2.05, 4.69) is 4.98 Å². The number of carbonyl (C=O) groups is 2. The van der Waals surface area contributed by atoms with Crippen LogP contribution in [0.5, 0.6) is 0 Å². The van der Waals surface area contributed by atoms with Crippen LogP contribution in [-0.2, 0) is 4.79 Å². The van der Waals surface area contributed by atoms with Crippen molar-refractivity contribution in [2.75, 3.05) is 4.90 Å². The Kier molecular flexibility index (Phi) is 1.32. The summed E-state index contributed by atoms with van der Waals surface area (Å²) in [5.74, 6) is -0.286. The third-order valence-corrected chi connectivity index (χ3v) is 2.58. The lowest BCUT2D eigenvalue weighted by atomic mass is 10.2. The molecular formula is C10H8N2O2. The van der Waals surface area contributed by atoms with E-state index in [1.807, 2.05) is 0 Å². The Labute approximate surface area is 80.5 Å². The summed E-state index contributed by atoms with van der Waals surface area (Å²) in [6.45, 7) is 0. The Morgan fingerprint density at radius 1 is 1.36 bits per heavy atom. The maximum atomic E-state index is 11.6. The van der Waals surface area contributed by atoms with Gasteiger partial charge in [0.05, 0.1) is 5.56 Å². The van der Waals surface area contributed by atoms with Gasteiger partial charge < -0.3 is 0 Å². The molecule has 1 saturated carbocycles. The zero-order valence-corrected chi connectivity index (χ0v) is 7.43. The lowest BCUT2D eigenvalue weighted by molar-refractivity contribution is -0.114. The Bertz CT molecular complexity index is 438. The van der Waals surface area contributed by atoms with E-state index in [4.69, 9.17) is 0 Å². The fourth-order valence-electron chi connectivity index (χ4n) is 1.76. The largest absolute Gasteiger partial charge is 0.300 e. The molecule has 0 N–H and O–H groups in total. The molecule has 0 unspecified atom stereocenters. The fraction of sp³-hybridized carbons (Fsp3) is 0.300. The van der Waals surface area contributed by atoms with Gasteiger partial charge in [0.25, 0.3) is 5.78 Å². The van der Waals surface area contributed by atoms with Gasteiger partial charge in [0.1, 0.15) is 5.82 Å². The molecule has 1 aromatic heterocycles. The van der Waals surface area contributed by atoms with Crippen molar-refractivity contribution in [1.82, 2.24) is 4.98 Å². The van der Waals surface area contributed by atoms with Gasteiger partial charge in [-0.25, -0.2) is 4.98 Å². The zero-order chi connectivity index (χ0) is 9.71. The number of rotatable bonds is 1. The smallest absolute Gasteiger partial charge is 0.286 e. The molecule has 3 rings (SSSR count). The van der Waals surface area contributed by atoms with Crippen LogP contribution in [0.3, 0.4) is 0 Å². The van der Waals surface area contributed by atoms with Crippen molar-refractivity contribution in [2.24, 2.45) is 0 Å². The van der Waals surface area contributed by atoms with Crippen LogP contribution >= 0.6 is 0 Å². The second kappa shape index (κ2) is 2.41. The highest BCUT2D eigenvalue weighted by Gasteiger charge is 2.44. The molecule has 4 nitrogen and oxygen atoms in total. The molecule has 1 aliphatic heterocycles. The summed E-state index contributed by atoms with van der Waals surface area (Å²) in [6, 6.07) is 3.55. The van der Waals surface area contributed by atoms with Crippen molar-refractivity contribution in [3.05, 3.63) is 23.9 Å². The van der Waals surface area contributed by atoms with Gasteiger partial charge in [-0.05, 0) is 25.0 Å². The van der Waals surface area contributed by atoms with Crippen LogP contribution in [0.2, 0.25) is 0 Å². The minimum atomic E-state index is -0.417. The van der Waals surface area contributed by atoms with E-state index >= 15 is 0 Å². The lowest BCUT2D eigenvalue weighted by Gasteiger charge is -2.13. The van der Waals surface area contributed by atoms with Gasteiger partial charge in [0, 0.05) is 12.2 Å². The number of carbonyl (C=O) groups excluding carboxylic acids is 2. The van der Waals surface area contributed by atoms with Crippen molar-refractivity contribution >= 4 is 17.5 Å². The van der Waals surface area contributed by atoms with Crippen LogP contribution in [0.25, 0.3) is 0 Å². The van der Waals surface area contributed by atoms with Crippen LogP contribution in [-0.4, -0.2) is 22.7 Å². The predicted molar refractivity (Wildman–Crippen MR) is 49.1 cm³/mol. The minimum absolute atomic E-state index is 0.211. The SMILES string of the molecule is O=C1C(=O)N(C2CC2)c2ncccc21. The van der Waals surface area contributed by atoms with Crippen molar-refractivity contribution in [3.8, 4) is 0 Å². The highest BCUT2D eigenvalue weighted by atomic mass is 16.2. The summed E-state index contributed by atoms with van der Waals surface area (Å²) in [4.78, 5) is 28.7. The molecule has 1 aromatic rings. The Hall–Kier alpha value is -1.71. The first kappa shape index (κ1) is 7.67. The molecule has 0 saturated heterocycles. The third-order valence-electron chi connectivity index (χ3n) is 2.58. The first-order valence-electron chi connectivity index (χ1n) is 4.62. The number of hydrogen-bond donors (Lipinski definition) is 0. The number of Topliss-reactive ketones (excluding diaryl/α,β-unsaturated/α-hetero) is 1. The Balaban J connectivity index is 2.17. The van der Waals surface area contributed by atoms with Crippen molar-refractivity contribution < 1.29 is 9.59 Å². The summed E-state index contributed by atoms with van der Waals surface area (Å²) in [5, 5.41) is 0. The number of anilines is 1. The second-order valence-electron chi connectivity index (χ2n) is 3.61. The Morgan fingerprint density at radius 2 is 2.14 bits per heavy atom. The Morgan fingerprint density at radius 3 is 2.86 bits per heavy atom. The quantitative estimate of drug-likeness (QED) is 0.612. The molecule has 2 aliphatic rings. The number of nitrogens with zero attached hydrogens (tertiary/aromatic N) is 2. The summed E-state index contributed by atoms with van der Waals surface area (Å²) < 4.78 is 0. The monoisotopic (exact) mass is 188 g/mol. The van der Waals surface area contributed by atoms with Gasteiger partial charge in [-0.15, -0.1) is 0 Å². The van der Waals surface area contributed by atoms with Crippen LogP contribution in [0.4, 0.5) is 5.82 Å². The molecule has 0 bridgehead atoms. The number of amides is 1. The highest BCUT2D eigenvalue weighted by Crippen LogP contribution is 2.36. The molecule has 0 radical (unpaired) electrons. The summed E-state index contributed by atoms with van der Waals surface area (Å²) >= 11 is 0. The number of fused-ring (bicyclic) bond motifs is 1. The van der Waals surface area contributed by atoms with Gasteiger partial charge in [0.2, 0.25) is 0 Å². The van der Waals surface area contributed by atoms with Crippen LogP contribution in [0.15, 0.2) is 18.3 Å². The molecule has 0 aromatic carbocycles. The third kappa shape index (κ3) is 0.852. The maximum Gasteiger partial charge on any atom is 0.300 e. The molecule has 2 heterocycles. The molecule has 14 heavy (non-hydrogen) atoms. The van der Waals surface area contributed by atoms with Crippen molar-refractivity contribution in [2.45, 2.75) is 18.9 Å². The topological polar surface area (TPSA) is 50.3 Å². The predicted octanol–water partition coefficient (Wildman–Crippen LogP) is 0.773. The first-order valence-corrected chi connectivity index (χ1v) is 4.62. The van der Waals surface area contributed by atoms with Gasteiger partial charge in [-0.3, -0.25) is 14.5 Å². The number of hydrogen-bond acceptors (Lipinski definition) is 3. The van der Waals surface area contributed by atoms with E-state index in [1.54, 1.807) is 18.3 Å². The van der Waals surface area contributed by atoms with Crippen molar-refractivity contribution in [1.29, 1.82) is 0 Å². The number of ketones is 1. The molecule has 0 atom stereocenters. The molecule has 1 fully saturated rings. The molecule has 1 amide bonds. The molecule has 70 valence electrons.